The number of aryl methyl sites for hydroxylation is 1. The molecule has 0 spiro atoms. The van der Waals surface area contributed by atoms with Gasteiger partial charge in [0.15, 0.2) is 0 Å². The number of esters is 2. The molecular formula is C45H58N2O7. The Balaban J connectivity index is 1.95. The zero-order valence-electron chi connectivity index (χ0n) is 33.8. The Hall–Kier alpha value is -5.05. The van der Waals surface area contributed by atoms with E-state index in [1.807, 2.05) is 138 Å². The van der Waals surface area contributed by atoms with E-state index < -0.39 is 11.2 Å². The second-order valence-electron chi connectivity index (χ2n) is 16.2. The number of ketones is 1. The van der Waals surface area contributed by atoms with Gasteiger partial charge in [0.1, 0.15) is 41.6 Å². The summed E-state index contributed by atoms with van der Waals surface area (Å²) in [5.74, 6) is 1.15. The Labute approximate surface area is 321 Å². The zero-order valence-corrected chi connectivity index (χ0v) is 33.8. The van der Waals surface area contributed by atoms with Crippen LogP contribution in [0.3, 0.4) is 0 Å². The molecule has 4 aromatic rings. The van der Waals surface area contributed by atoms with Gasteiger partial charge in [-0.15, -0.1) is 0 Å². The van der Waals surface area contributed by atoms with Crippen LogP contribution in [-0.2, 0) is 43.4 Å². The molecule has 9 heteroatoms. The van der Waals surface area contributed by atoms with Crippen LogP contribution in [0.15, 0.2) is 78.9 Å². The Morgan fingerprint density at radius 1 is 0.648 bits per heavy atom. The van der Waals surface area contributed by atoms with Gasteiger partial charge in [-0.1, -0.05) is 62.4 Å². The average molecular weight is 739 g/mol. The third-order valence-electron chi connectivity index (χ3n) is 8.58. The first-order valence-corrected chi connectivity index (χ1v) is 18.7. The van der Waals surface area contributed by atoms with Crippen molar-refractivity contribution in [2.24, 2.45) is 5.92 Å². The van der Waals surface area contributed by atoms with Crippen molar-refractivity contribution in [3.8, 4) is 11.5 Å². The highest BCUT2D eigenvalue weighted by atomic mass is 16.6. The third-order valence-corrected chi connectivity index (χ3v) is 8.58. The molecule has 0 unspecified atom stereocenters. The van der Waals surface area contributed by atoms with E-state index in [1.165, 1.54) is 0 Å². The van der Waals surface area contributed by atoms with Crippen LogP contribution in [0.2, 0.25) is 0 Å². The minimum absolute atomic E-state index is 0.00810. The number of hydrogen-bond acceptors (Lipinski definition) is 9. The molecule has 0 saturated heterocycles. The number of ether oxygens (including phenoxy) is 4. The van der Waals surface area contributed by atoms with Gasteiger partial charge in [0.2, 0.25) is 0 Å². The van der Waals surface area contributed by atoms with Crippen molar-refractivity contribution < 1.29 is 33.3 Å². The summed E-state index contributed by atoms with van der Waals surface area (Å²) in [4.78, 5) is 44.5. The van der Waals surface area contributed by atoms with Gasteiger partial charge < -0.3 is 28.7 Å². The molecule has 0 amide bonds. The molecule has 0 aliphatic heterocycles. The number of nitrogens with zero attached hydrogens (tertiary/aromatic N) is 2. The van der Waals surface area contributed by atoms with E-state index in [0.29, 0.717) is 32.4 Å². The van der Waals surface area contributed by atoms with Crippen molar-refractivity contribution in [1.29, 1.82) is 0 Å². The number of rotatable bonds is 17. The fraction of sp³-hybridized carbons (Fsp3) is 0.444. The van der Waals surface area contributed by atoms with Crippen LogP contribution in [0.4, 0.5) is 11.4 Å². The highest BCUT2D eigenvalue weighted by Gasteiger charge is 2.27. The topological polar surface area (TPSA) is 94.6 Å². The Morgan fingerprint density at radius 3 is 1.57 bits per heavy atom. The highest BCUT2D eigenvalue weighted by Crippen LogP contribution is 2.40. The van der Waals surface area contributed by atoms with Crippen LogP contribution in [0, 0.1) is 5.92 Å². The van der Waals surface area contributed by atoms with E-state index >= 15 is 0 Å². The summed E-state index contributed by atoms with van der Waals surface area (Å²) < 4.78 is 22.5. The molecule has 4 aromatic carbocycles. The zero-order chi connectivity index (χ0) is 39.6. The fourth-order valence-corrected chi connectivity index (χ4v) is 6.46. The second-order valence-corrected chi connectivity index (χ2v) is 16.2. The number of fused-ring (bicyclic) bond motifs is 1. The lowest BCUT2D eigenvalue weighted by Crippen LogP contribution is -2.36. The third kappa shape index (κ3) is 12.5. The van der Waals surface area contributed by atoms with Crippen LogP contribution < -0.4 is 19.3 Å². The molecule has 54 heavy (non-hydrogen) atoms. The van der Waals surface area contributed by atoms with Crippen LogP contribution in [0.25, 0.3) is 10.8 Å². The first kappa shape index (κ1) is 41.7. The molecule has 0 aliphatic rings. The molecule has 0 saturated carbocycles. The van der Waals surface area contributed by atoms with Gasteiger partial charge in [0, 0.05) is 48.1 Å². The maximum Gasteiger partial charge on any atom is 0.326 e. The molecule has 9 nitrogen and oxygen atoms in total. The van der Waals surface area contributed by atoms with Crippen LogP contribution in [0.1, 0.15) is 84.9 Å². The maximum absolute atomic E-state index is 13.6. The normalized spacial score (nSPS) is 11.7. The lowest BCUT2D eigenvalue weighted by atomic mass is 9.94. The lowest BCUT2D eigenvalue weighted by Gasteiger charge is -2.33. The molecule has 0 N–H and O–H groups in total. The molecule has 4 rings (SSSR count). The van der Waals surface area contributed by atoms with Crippen molar-refractivity contribution in [3.63, 3.8) is 0 Å². The lowest BCUT2D eigenvalue weighted by molar-refractivity contribution is -0.154. The van der Waals surface area contributed by atoms with E-state index in [-0.39, 0.29) is 36.7 Å². The van der Waals surface area contributed by atoms with Crippen LogP contribution in [-0.4, -0.2) is 56.2 Å². The largest absolute Gasteiger partial charge is 0.497 e. The minimum Gasteiger partial charge on any atom is -0.497 e. The summed E-state index contributed by atoms with van der Waals surface area (Å²) in [5, 5.41) is 1.79. The monoisotopic (exact) mass is 738 g/mol. The van der Waals surface area contributed by atoms with Crippen LogP contribution in [0.5, 0.6) is 11.5 Å². The number of carbonyl (C=O) groups excluding carboxylic acids is 3. The number of benzene rings is 4. The molecular weight excluding hydrogens is 681 g/mol. The van der Waals surface area contributed by atoms with Gasteiger partial charge in [0.25, 0.3) is 0 Å². The van der Waals surface area contributed by atoms with E-state index in [4.69, 9.17) is 18.9 Å². The Bertz CT molecular complexity index is 1870. The van der Waals surface area contributed by atoms with Gasteiger partial charge in [0.05, 0.1) is 14.2 Å². The van der Waals surface area contributed by atoms with Crippen molar-refractivity contribution >= 4 is 39.9 Å². The Morgan fingerprint density at radius 2 is 1.11 bits per heavy atom. The highest BCUT2D eigenvalue weighted by molar-refractivity contribution is 6.05. The standard InChI is InChI=1S/C45H58N2O7/c1-31(2)25-35(48)20-19-34-26-40(46(29-41(49)53-44(3,4)5)27-32-15-21-36(51-9)22-16-32)38-13-11-12-14-39(38)43(34)47(30-42(50)54-45(6,7)8)28-33-17-23-37(52-10)24-18-33/h11-18,21-24,26,31H,19-20,25,27-30H2,1-10H3. The number of Topliss-reactive ketones (excluding diaryl/α,β-unsaturated/α-hetero) is 1. The average Bonchev–Trinajstić information content (AvgIpc) is 3.08. The number of hydrogen-bond donors (Lipinski definition) is 0. The van der Waals surface area contributed by atoms with E-state index in [1.54, 1.807) is 14.2 Å². The van der Waals surface area contributed by atoms with E-state index in [2.05, 4.69) is 6.07 Å². The van der Waals surface area contributed by atoms with Gasteiger partial charge >= 0.3 is 11.9 Å². The maximum atomic E-state index is 13.6. The van der Waals surface area contributed by atoms with Gasteiger partial charge in [-0.2, -0.15) is 0 Å². The summed E-state index contributed by atoms with van der Waals surface area (Å²) in [6, 6.07) is 25.7. The first-order chi connectivity index (χ1) is 25.4. The summed E-state index contributed by atoms with van der Waals surface area (Å²) in [6.07, 6.45) is 1.25. The molecule has 0 aromatic heterocycles. The van der Waals surface area contributed by atoms with Gasteiger partial charge in [-0.25, -0.2) is 0 Å². The second kappa shape index (κ2) is 18.3. The summed E-state index contributed by atoms with van der Waals surface area (Å²) in [5.41, 5.74) is 3.17. The quantitative estimate of drug-likeness (QED) is 0.0984. The van der Waals surface area contributed by atoms with Gasteiger partial charge in [-0.3, -0.25) is 14.4 Å². The summed E-state index contributed by atoms with van der Waals surface area (Å²) in [6.45, 7) is 16.0. The molecule has 0 fully saturated rings. The summed E-state index contributed by atoms with van der Waals surface area (Å²) >= 11 is 0. The van der Waals surface area contributed by atoms with Crippen molar-refractivity contribution in [2.45, 2.75) is 98.9 Å². The van der Waals surface area contributed by atoms with E-state index in [0.717, 1.165) is 50.3 Å². The number of methoxy groups -OCH3 is 2. The minimum atomic E-state index is -0.676. The SMILES string of the molecule is COc1ccc(CN(CC(=O)OC(C)(C)C)c2cc(CCC(=O)CC(C)C)c(N(CC(=O)OC(C)(C)C)Cc3ccc(OC)cc3)c3ccccc23)cc1. The van der Waals surface area contributed by atoms with Crippen LogP contribution >= 0.6 is 0 Å². The van der Waals surface area contributed by atoms with Crippen molar-refractivity contribution in [2.75, 3.05) is 37.1 Å². The van der Waals surface area contributed by atoms with Crippen molar-refractivity contribution in [3.05, 3.63) is 95.6 Å². The predicted molar refractivity (Wildman–Crippen MR) is 217 cm³/mol. The molecule has 0 bridgehead atoms. The molecule has 290 valence electrons. The molecule has 0 atom stereocenters. The smallest absolute Gasteiger partial charge is 0.326 e. The molecule has 0 heterocycles. The van der Waals surface area contributed by atoms with Crippen molar-refractivity contribution in [1.82, 2.24) is 0 Å². The number of carbonyl (C=O) groups is 3. The molecule has 0 aliphatic carbocycles. The number of anilines is 2. The fourth-order valence-electron chi connectivity index (χ4n) is 6.46. The summed E-state index contributed by atoms with van der Waals surface area (Å²) in [7, 11) is 3.26. The molecule has 0 radical (unpaired) electrons. The van der Waals surface area contributed by atoms with Gasteiger partial charge in [-0.05, 0) is 101 Å². The predicted octanol–water partition coefficient (Wildman–Crippen LogP) is 9.10. The van der Waals surface area contributed by atoms with E-state index in [9.17, 15) is 14.4 Å². The first-order valence-electron chi connectivity index (χ1n) is 18.7. The Kier molecular flexibility index (Phi) is 14.2.